The molecule has 5 nitrogen and oxygen atoms in total. The van der Waals surface area contributed by atoms with E-state index in [0.717, 1.165) is 12.1 Å². The summed E-state index contributed by atoms with van der Waals surface area (Å²) in [5.41, 5.74) is 0.753. The molecule has 0 radical (unpaired) electrons. The third-order valence-electron chi connectivity index (χ3n) is 2.25. The zero-order valence-corrected chi connectivity index (χ0v) is 7.77. The highest BCUT2D eigenvalue weighted by Crippen LogP contribution is 2.26. The van der Waals surface area contributed by atoms with E-state index in [-0.39, 0.29) is 6.42 Å². The Bertz CT molecular complexity index is 383. The van der Waals surface area contributed by atoms with E-state index < -0.39 is 17.9 Å². The number of carbonyl (C=O) groups is 2. The second kappa shape index (κ2) is 3.25. The summed E-state index contributed by atoms with van der Waals surface area (Å²) < 4.78 is 6.17. The van der Waals surface area contributed by atoms with E-state index in [2.05, 4.69) is 9.84 Å². The van der Waals surface area contributed by atoms with Crippen molar-refractivity contribution in [1.29, 1.82) is 0 Å². The van der Waals surface area contributed by atoms with Crippen LogP contribution in [0.3, 0.4) is 0 Å². The molecular formula is C9H10N2O3. The van der Waals surface area contributed by atoms with Crippen molar-refractivity contribution in [2.24, 2.45) is 0 Å². The first kappa shape index (κ1) is 8.93. The predicted molar refractivity (Wildman–Crippen MR) is 46.4 cm³/mol. The quantitative estimate of drug-likeness (QED) is 0.507. The Balaban J connectivity index is 2.22. The van der Waals surface area contributed by atoms with Gasteiger partial charge in [0.25, 0.3) is 0 Å². The average molecular weight is 194 g/mol. The van der Waals surface area contributed by atoms with Crippen LogP contribution in [0, 0.1) is 0 Å². The van der Waals surface area contributed by atoms with Crippen molar-refractivity contribution in [2.75, 3.05) is 0 Å². The fourth-order valence-corrected chi connectivity index (χ4v) is 1.46. The Morgan fingerprint density at radius 3 is 2.93 bits per heavy atom. The van der Waals surface area contributed by atoms with Crippen molar-refractivity contribution in [3.63, 3.8) is 0 Å². The first-order valence-corrected chi connectivity index (χ1v) is 4.47. The van der Waals surface area contributed by atoms with Crippen molar-refractivity contribution in [2.45, 2.75) is 25.8 Å². The van der Waals surface area contributed by atoms with Gasteiger partial charge in [0.15, 0.2) is 0 Å². The Morgan fingerprint density at radius 1 is 1.64 bits per heavy atom. The van der Waals surface area contributed by atoms with Crippen LogP contribution in [-0.4, -0.2) is 21.7 Å². The number of hydrogen-bond acceptors (Lipinski definition) is 4. The monoisotopic (exact) mass is 194 g/mol. The average Bonchev–Trinajstić information content (AvgIpc) is 2.71. The van der Waals surface area contributed by atoms with Gasteiger partial charge in [-0.2, -0.15) is 5.10 Å². The molecule has 1 aliphatic heterocycles. The number of aromatic nitrogens is 2. The van der Waals surface area contributed by atoms with Gasteiger partial charge in [0.05, 0.1) is 18.5 Å². The van der Waals surface area contributed by atoms with Gasteiger partial charge in [0, 0.05) is 18.3 Å². The van der Waals surface area contributed by atoms with Crippen molar-refractivity contribution in [1.82, 2.24) is 9.78 Å². The smallest absolute Gasteiger partial charge is 0.321 e. The molecule has 0 saturated carbocycles. The Hall–Kier alpha value is -1.65. The molecule has 2 rings (SSSR count). The summed E-state index contributed by atoms with van der Waals surface area (Å²) in [7, 11) is 0. The third kappa shape index (κ3) is 1.41. The van der Waals surface area contributed by atoms with Gasteiger partial charge in [0.2, 0.25) is 0 Å². The molecule has 1 atom stereocenters. The molecule has 1 aromatic rings. The minimum atomic E-state index is -0.467. The molecule has 0 aromatic carbocycles. The molecule has 1 aliphatic rings. The molecule has 2 heterocycles. The van der Waals surface area contributed by atoms with Gasteiger partial charge in [0.1, 0.15) is 0 Å². The van der Waals surface area contributed by atoms with Crippen LogP contribution in [0.1, 0.15) is 24.8 Å². The highest BCUT2D eigenvalue weighted by Gasteiger charge is 2.35. The maximum atomic E-state index is 11.2. The van der Waals surface area contributed by atoms with E-state index >= 15 is 0 Å². The molecule has 0 amide bonds. The summed E-state index contributed by atoms with van der Waals surface area (Å²) in [5, 5.41) is 4.04. The van der Waals surface area contributed by atoms with Gasteiger partial charge >= 0.3 is 11.9 Å². The molecule has 0 spiro atoms. The summed E-state index contributed by atoms with van der Waals surface area (Å²) >= 11 is 0. The molecule has 1 aromatic heterocycles. The Kier molecular flexibility index (Phi) is 2.07. The zero-order valence-electron chi connectivity index (χ0n) is 7.77. The Labute approximate surface area is 80.7 Å². The van der Waals surface area contributed by atoms with E-state index in [9.17, 15) is 9.59 Å². The Morgan fingerprint density at radius 2 is 2.43 bits per heavy atom. The molecule has 1 fully saturated rings. The summed E-state index contributed by atoms with van der Waals surface area (Å²) in [5.74, 6) is -1.38. The highest BCUT2D eigenvalue weighted by atomic mass is 16.6. The van der Waals surface area contributed by atoms with E-state index in [0.29, 0.717) is 0 Å². The first-order valence-electron chi connectivity index (χ1n) is 4.47. The lowest BCUT2D eigenvalue weighted by Crippen LogP contribution is -2.04. The second-order valence-corrected chi connectivity index (χ2v) is 3.18. The van der Waals surface area contributed by atoms with Crippen LogP contribution in [0.2, 0.25) is 0 Å². The minimum absolute atomic E-state index is 0.133. The van der Waals surface area contributed by atoms with Crippen molar-refractivity contribution < 1.29 is 14.3 Å². The molecule has 14 heavy (non-hydrogen) atoms. The normalized spacial score (nSPS) is 21.4. The van der Waals surface area contributed by atoms with Crippen LogP contribution >= 0.6 is 0 Å². The van der Waals surface area contributed by atoms with Crippen molar-refractivity contribution in [3.8, 4) is 0 Å². The molecule has 5 heteroatoms. The number of hydrogen-bond donors (Lipinski definition) is 0. The maximum absolute atomic E-state index is 11.2. The van der Waals surface area contributed by atoms with E-state index in [1.807, 2.05) is 6.92 Å². The molecule has 1 saturated heterocycles. The van der Waals surface area contributed by atoms with Gasteiger partial charge < -0.3 is 4.74 Å². The standard InChI is InChI=1S/C9H10N2O3/c1-2-11-5-6(4-10-11)7-3-8(12)14-9(7)13/h4-5,7H,2-3H2,1H3. The molecular weight excluding hydrogens is 184 g/mol. The van der Waals surface area contributed by atoms with Gasteiger partial charge in [-0.15, -0.1) is 0 Å². The molecule has 1 unspecified atom stereocenters. The molecule has 74 valence electrons. The molecule has 0 bridgehead atoms. The third-order valence-corrected chi connectivity index (χ3v) is 2.25. The van der Waals surface area contributed by atoms with Crippen molar-refractivity contribution >= 4 is 11.9 Å². The van der Waals surface area contributed by atoms with E-state index in [1.165, 1.54) is 0 Å². The summed E-state index contributed by atoms with van der Waals surface area (Å²) in [6, 6.07) is 0. The fraction of sp³-hybridized carbons (Fsp3) is 0.444. The molecule has 0 N–H and O–H groups in total. The number of carbonyl (C=O) groups excluding carboxylic acids is 2. The lowest BCUT2D eigenvalue weighted by Gasteiger charge is -1.98. The number of rotatable bonds is 2. The van der Waals surface area contributed by atoms with Gasteiger partial charge in [-0.3, -0.25) is 14.3 Å². The van der Waals surface area contributed by atoms with Gasteiger partial charge in [-0.25, -0.2) is 0 Å². The van der Waals surface area contributed by atoms with Crippen LogP contribution in [0.4, 0.5) is 0 Å². The number of ether oxygens (including phenoxy) is 1. The van der Waals surface area contributed by atoms with Crippen LogP contribution in [0.5, 0.6) is 0 Å². The summed E-state index contributed by atoms with van der Waals surface area (Å²) in [6.45, 7) is 2.70. The number of cyclic esters (lactones) is 2. The highest BCUT2D eigenvalue weighted by molar-refractivity contribution is 5.97. The number of aryl methyl sites for hydroxylation is 1. The fourth-order valence-electron chi connectivity index (χ4n) is 1.46. The van der Waals surface area contributed by atoms with Crippen LogP contribution in [0.15, 0.2) is 12.4 Å². The van der Waals surface area contributed by atoms with E-state index in [1.54, 1.807) is 17.1 Å². The number of nitrogens with zero attached hydrogens (tertiary/aromatic N) is 2. The minimum Gasteiger partial charge on any atom is -0.393 e. The van der Waals surface area contributed by atoms with Gasteiger partial charge in [-0.05, 0) is 6.92 Å². The SMILES string of the molecule is CCn1cc(C2CC(=O)OC2=O)cn1. The van der Waals surface area contributed by atoms with Crippen LogP contribution < -0.4 is 0 Å². The first-order chi connectivity index (χ1) is 6.70. The predicted octanol–water partition coefficient (Wildman–Crippen LogP) is 0.460. The summed E-state index contributed by atoms with van der Waals surface area (Å²) in [4.78, 5) is 22.0. The summed E-state index contributed by atoms with van der Waals surface area (Å²) in [6.07, 6.45) is 3.51. The van der Waals surface area contributed by atoms with E-state index in [4.69, 9.17) is 0 Å². The largest absolute Gasteiger partial charge is 0.393 e. The van der Waals surface area contributed by atoms with Gasteiger partial charge in [-0.1, -0.05) is 0 Å². The lowest BCUT2D eigenvalue weighted by molar-refractivity contribution is -0.152. The van der Waals surface area contributed by atoms with Crippen LogP contribution in [0.25, 0.3) is 0 Å². The number of esters is 2. The zero-order chi connectivity index (χ0) is 10.1. The second-order valence-electron chi connectivity index (χ2n) is 3.18. The van der Waals surface area contributed by atoms with Crippen molar-refractivity contribution in [3.05, 3.63) is 18.0 Å². The van der Waals surface area contributed by atoms with Crippen LogP contribution in [-0.2, 0) is 20.9 Å². The molecule has 0 aliphatic carbocycles. The lowest BCUT2D eigenvalue weighted by atomic mass is 10.0. The topological polar surface area (TPSA) is 61.2 Å². The maximum Gasteiger partial charge on any atom is 0.321 e.